The van der Waals surface area contributed by atoms with Gasteiger partial charge in [0.25, 0.3) is 0 Å². The number of methoxy groups -OCH3 is 2. The molecule has 0 aliphatic heterocycles. The second kappa shape index (κ2) is 5.93. The number of anilines is 2. The summed E-state index contributed by atoms with van der Waals surface area (Å²) in [5.74, 6) is 1.54. The number of fused-ring (bicyclic) bond motifs is 1. The van der Waals surface area contributed by atoms with Gasteiger partial charge in [-0.15, -0.1) is 0 Å². The van der Waals surface area contributed by atoms with E-state index in [1.807, 2.05) is 36.5 Å². The van der Waals surface area contributed by atoms with Crippen LogP contribution in [0.15, 0.2) is 48.7 Å². The summed E-state index contributed by atoms with van der Waals surface area (Å²) < 4.78 is 10.7. The van der Waals surface area contributed by atoms with Crippen molar-refractivity contribution in [1.29, 1.82) is 0 Å². The summed E-state index contributed by atoms with van der Waals surface area (Å²) >= 11 is 0. The van der Waals surface area contributed by atoms with Crippen LogP contribution in [0.25, 0.3) is 10.9 Å². The summed E-state index contributed by atoms with van der Waals surface area (Å²) in [7, 11) is 3.30. The van der Waals surface area contributed by atoms with E-state index in [9.17, 15) is 0 Å². The molecule has 0 unspecified atom stereocenters. The molecular formula is C18H18N2O2. The van der Waals surface area contributed by atoms with Crippen molar-refractivity contribution in [3.05, 3.63) is 54.2 Å². The third kappa shape index (κ3) is 2.55. The molecule has 0 radical (unpaired) electrons. The summed E-state index contributed by atoms with van der Waals surface area (Å²) in [5.41, 5.74) is 3.99. The van der Waals surface area contributed by atoms with Crippen LogP contribution in [0.2, 0.25) is 0 Å². The van der Waals surface area contributed by atoms with Gasteiger partial charge in [-0.3, -0.25) is 4.98 Å². The van der Waals surface area contributed by atoms with E-state index in [4.69, 9.17) is 9.47 Å². The number of para-hydroxylation sites is 1. The van der Waals surface area contributed by atoms with Gasteiger partial charge in [-0.1, -0.05) is 18.2 Å². The van der Waals surface area contributed by atoms with Gasteiger partial charge < -0.3 is 14.8 Å². The Balaban J connectivity index is 2.09. The first-order chi connectivity index (χ1) is 10.7. The van der Waals surface area contributed by atoms with Gasteiger partial charge in [-0.05, 0) is 30.7 Å². The Morgan fingerprint density at radius 2 is 1.82 bits per heavy atom. The topological polar surface area (TPSA) is 43.4 Å². The molecule has 0 spiro atoms. The molecule has 1 N–H and O–H groups in total. The summed E-state index contributed by atoms with van der Waals surface area (Å²) in [6.45, 7) is 2.06. The molecule has 22 heavy (non-hydrogen) atoms. The van der Waals surface area contributed by atoms with Crippen molar-refractivity contribution >= 4 is 22.3 Å². The number of hydrogen-bond acceptors (Lipinski definition) is 4. The van der Waals surface area contributed by atoms with Crippen LogP contribution in [0.4, 0.5) is 11.4 Å². The first kappa shape index (κ1) is 14.2. The fourth-order valence-electron chi connectivity index (χ4n) is 2.49. The maximum atomic E-state index is 5.42. The molecule has 0 aliphatic rings. The van der Waals surface area contributed by atoms with Crippen molar-refractivity contribution in [3.63, 3.8) is 0 Å². The highest BCUT2D eigenvalue weighted by Crippen LogP contribution is 2.34. The van der Waals surface area contributed by atoms with Crippen LogP contribution in [0.3, 0.4) is 0 Å². The third-order valence-electron chi connectivity index (χ3n) is 3.65. The Labute approximate surface area is 129 Å². The van der Waals surface area contributed by atoms with Crippen molar-refractivity contribution in [2.75, 3.05) is 19.5 Å². The lowest BCUT2D eigenvalue weighted by molar-refractivity contribution is 0.405. The highest BCUT2D eigenvalue weighted by Gasteiger charge is 2.08. The fraction of sp³-hybridized carbons (Fsp3) is 0.167. The Bertz CT molecular complexity index is 815. The van der Waals surface area contributed by atoms with E-state index in [0.29, 0.717) is 0 Å². The van der Waals surface area contributed by atoms with Crippen LogP contribution in [0.5, 0.6) is 11.5 Å². The molecular weight excluding hydrogens is 276 g/mol. The number of pyridine rings is 1. The summed E-state index contributed by atoms with van der Waals surface area (Å²) in [5, 5.41) is 4.50. The third-order valence-corrected chi connectivity index (χ3v) is 3.65. The van der Waals surface area contributed by atoms with E-state index in [2.05, 4.69) is 29.4 Å². The zero-order valence-electron chi connectivity index (χ0n) is 12.9. The molecule has 0 saturated heterocycles. The minimum atomic E-state index is 0.762. The smallest absolute Gasteiger partial charge is 0.142 e. The first-order valence-electron chi connectivity index (χ1n) is 7.06. The average Bonchev–Trinajstić information content (AvgIpc) is 2.56. The van der Waals surface area contributed by atoms with Gasteiger partial charge >= 0.3 is 0 Å². The Morgan fingerprint density at radius 1 is 0.955 bits per heavy atom. The number of benzene rings is 2. The van der Waals surface area contributed by atoms with Crippen LogP contribution in [-0.2, 0) is 0 Å². The average molecular weight is 294 g/mol. The maximum absolute atomic E-state index is 5.42. The normalized spacial score (nSPS) is 10.5. The van der Waals surface area contributed by atoms with E-state index in [0.717, 1.165) is 39.3 Å². The highest BCUT2D eigenvalue weighted by atomic mass is 16.5. The van der Waals surface area contributed by atoms with Crippen molar-refractivity contribution in [2.45, 2.75) is 6.92 Å². The molecule has 1 heterocycles. The zero-order chi connectivity index (χ0) is 15.5. The molecule has 0 atom stereocenters. The maximum Gasteiger partial charge on any atom is 0.142 e. The second-order valence-corrected chi connectivity index (χ2v) is 5.02. The van der Waals surface area contributed by atoms with E-state index in [1.165, 1.54) is 0 Å². The van der Waals surface area contributed by atoms with E-state index >= 15 is 0 Å². The molecule has 0 fully saturated rings. The van der Waals surface area contributed by atoms with Crippen molar-refractivity contribution in [2.24, 2.45) is 0 Å². The van der Waals surface area contributed by atoms with Crippen LogP contribution < -0.4 is 14.8 Å². The molecule has 3 aromatic rings. The predicted octanol–water partition coefficient (Wildman–Crippen LogP) is 4.30. The molecule has 4 heteroatoms. The van der Waals surface area contributed by atoms with Gasteiger partial charge in [0.05, 0.1) is 25.4 Å². The number of hydrogen-bond donors (Lipinski definition) is 1. The molecule has 4 nitrogen and oxygen atoms in total. The molecule has 0 amide bonds. The van der Waals surface area contributed by atoms with Gasteiger partial charge in [0.15, 0.2) is 0 Å². The monoisotopic (exact) mass is 294 g/mol. The Kier molecular flexibility index (Phi) is 3.83. The number of nitrogens with one attached hydrogen (secondary N) is 1. The quantitative estimate of drug-likeness (QED) is 0.779. The first-order valence-corrected chi connectivity index (χ1v) is 7.06. The number of ether oxygens (including phenoxy) is 2. The summed E-state index contributed by atoms with van der Waals surface area (Å²) in [6, 6.07) is 13.8. The van der Waals surface area contributed by atoms with Crippen molar-refractivity contribution < 1.29 is 9.47 Å². The molecule has 112 valence electrons. The van der Waals surface area contributed by atoms with Crippen LogP contribution in [-0.4, -0.2) is 19.2 Å². The molecule has 0 aliphatic carbocycles. The summed E-state index contributed by atoms with van der Waals surface area (Å²) in [4.78, 5) is 4.46. The largest absolute Gasteiger partial charge is 0.497 e. The number of rotatable bonds is 4. The molecule has 0 bridgehead atoms. The lowest BCUT2D eigenvalue weighted by atomic mass is 10.1. The van der Waals surface area contributed by atoms with E-state index < -0.39 is 0 Å². The zero-order valence-corrected chi connectivity index (χ0v) is 12.9. The van der Waals surface area contributed by atoms with Gasteiger partial charge in [-0.25, -0.2) is 0 Å². The van der Waals surface area contributed by atoms with Gasteiger partial charge in [0, 0.05) is 23.3 Å². The highest BCUT2D eigenvalue weighted by molar-refractivity contribution is 5.94. The predicted molar refractivity (Wildman–Crippen MR) is 89.3 cm³/mol. The molecule has 0 saturated carbocycles. The molecule has 3 rings (SSSR count). The second-order valence-electron chi connectivity index (χ2n) is 5.02. The molecule has 2 aromatic carbocycles. The van der Waals surface area contributed by atoms with Gasteiger partial charge in [0.2, 0.25) is 0 Å². The van der Waals surface area contributed by atoms with Crippen molar-refractivity contribution in [1.82, 2.24) is 4.98 Å². The lowest BCUT2D eigenvalue weighted by Crippen LogP contribution is -1.97. The van der Waals surface area contributed by atoms with Crippen LogP contribution in [0.1, 0.15) is 5.56 Å². The Hall–Kier alpha value is -2.75. The Morgan fingerprint density at radius 3 is 2.59 bits per heavy atom. The summed E-state index contributed by atoms with van der Waals surface area (Å²) in [6.07, 6.45) is 1.81. The van der Waals surface area contributed by atoms with E-state index in [-0.39, 0.29) is 0 Å². The van der Waals surface area contributed by atoms with Crippen molar-refractivity contribution in [3.8, 4) is 11.5 Å². The lowest BCUT2D eigenvalue weighted by Gasteiger charge is -2.14. The SMILES string of the molecule is COc1ccc(OC)c(Nc2ccnc3c(C)cccc23)c1. The van der Waals surface area contributed by atoms with Gasteiger partial charge in [-0.2, -0.15) is 0 Å². The number of aryl methyl sites for hydroxylation is 1. The molecule has 1 aromatic heterocycles. The standard InChI is InChI=1S/C18H18N2O2/c1-12-5-4-6-14-15(9-10-19-18(12)14)20-16-11-13(21-2)7-8-17(16)22-3/h4-11H,1-3H3,(H,19,20). The number of nitrogens with zero attached hydrogens (tertiary/aromatic N) is 1. The minimum Gasteiger partial charge on any atom is -0.497 e. The van der Waals surface area contributed by atoms with Crippen LogP contribution in [0, 0.1) is 6.92 Å². The van der Waals surface area contributed by atoms with E-state index in [1.54, 1.807) is 14.2 Å². The minimum absolute atomic E-state index is 0.762. The number of aromatic nitrogens is 1. The van der Waals surface area contributed by atoms with Gasteiger partial charge in [0.1, 0.15) is 11.5 Å². The fourth-order valence-corrected chi connectivity index (χ4v) is 2.49. The van der Waals surface area contributed by atoms with Crippen LogP contribution >= 0.6 is 0 Å².